The van der Waals surface area contributed by atoms with E-state index in [9.17, 15) is 0 Å². The molecule has 0 spiro atoms. The molecule has 0 radical (unpaired) electrons. The van der Waals surface area contributed by atoms with Crippen LogP contribution in [0.2, 0.25) is 0 Å². The van der Waals surface area contributed by atoms with E-state index >= 15 is 0 Å². The van der Waals surface area contributed by atoms with Crippen LogP contribution in [-0.4, -0.2) is 6.72 Å². The lowest BCUT2D eigenvalue weighted by Gasteiger charge is -1.92. The van der Waals surface area contributed by atoms with Crippen molar-refractivity contribution in [1.29, 1.82) is 0 Å². The summed E-state index contributed by atoms with van der Waals surface area (Å²) in [5.74, 6) is 0. The van der Waals surface area contributed by atoms with Crippen molar-refractivity contribution in [3.8, 4) is 0 Å². The van der Waals surface area contributed by atoms with Crippen LogP contribution in [0, 0.1) is 6.92 Å². The molecule has 0 saturated heterocycles. The molecule has 11 heavy (non-hydrogen) atoms. The molecule has 1 rings (SSSR count). The summed E-state index contributed by atoms with van der Waals surface area (Å²) in [6, 6.07) is 5.98. The molecule has 1 nitrogen and oxygen atoms in total. The number of aliphatic imine (C=N–C) groups is 1. The van der Waals surface area contributed by atoms with Crippen LogP contribution in [0.3, 0.4) is 0 Å². The topological polar surface area (TPSA) is 12.4 Å². The average Bonchev–Trinajstić information content (AvgIpc) is 1.97. The SMILES string of the molecule is C=N/C=c1/c(C)cccc1=C. The Morgan fingerprint density at radius 3 is 2.73 bits per heavy atom. The fourth-order valence-corrected chi connectivity index (χ4v) is 1.02. The highest BCUT2D eigenvalue weighted by molar-refractivity contribution is 5.39. The predicted molar refractivity (Wildman–Crippen MR) is 50.0 cm³/mol. The van der Waals surface area contributed by atoms with Crippen LogP contribution >= 0.6 is 0 Å². The van der Waals surface area contributed by atoms with E-state index in [1.165, 1.54) is 5.56 Å². The lowest BCUT2D eigenvalue weighted by molar-refractivity contribution is 1.36. The molecule has 0 aromatic heterocycles. The zero-order valence-electron chi connectivity index (χ0n) is 6.67. The van der Waals surface area contributed by atoms with Gasteiger partial charge in [-0.3, -0.25) is 4.99 Å². The van der Waals surface area contributed by atoms with Gasteiger partial charge in [0.1, 0.15) is 0 Å². The molecule has 0 aliphatic rings. The molecule has 0 aliphatic carbocycles. The molecule has 0 amide bonds. The fraction of sp³-hybridized carbons (Fsp3) is 0.100. The van der Waals surface area contributed by atoms with E-state index in [0.717, 1.165) is 10.4 Å². The van der Waals surface area contributed by atoms with Crippen molar-refractivity contribution < 1.29 is 0 Å². The number of hydrogen-bond donors (Lipinski definition) is 0. The smallest absolute Gasteiger partial charge is 0.0341 e. The van der Waals surface area contributed by atoms with Crippen molar-refractivity contribution in [2.75, 3.05) is 0 Å². The third kappa shape index (κ3) is 1.55. The van der Waals surface area contributed by atoms with Gasteiger partial charge < -0.3 is 0 Å². The Hall–Kier alpha value is -1.37. The minimum absolute atomic E-state index is 0.998. The summed E-state index contributed by atoms with van der Waals surface area (Å²) >= 11 is 0. The molecule has 56 valence electrons. The van der Waals surface area contributed by atoms with E-state index in [1.54, 1.807) is 6.20 Å². The van der Waals surface area contributed by atoms with Gasteiger partial charge in [-0.25, -0.2) is 0 Å². The number of aryl methyl sites for hydroxylation is 1. The molecule has 1 heteroatoms. The molecule has 0 unspecified atom stereocenters. The largest absolute Gasteiger partial charge is 0.272 e. The van der Waals surface area contributed by atoms with E-state index in [1.807, 2.05) is 25.1 Å². The Morgan fingerprint density at radius 2 is 2.18 bits per heavy atom. The van der Waals surface area contributed by atoms with E-state index in [4.69, 9.17) is 0 Å². The van der Waals surface area contributed by atoms with Gasteiger partial charge >= 0.3 is 0 Å². The molecule has 0 atom stereocenters. The van der Waals surface area contributed by atoms with Crippen molar-refractivity contribution in [2.45, 2.75) is 6.92 Å². The van der Waals surface area contributed by atoms with E-state index in [2.05, 4.69) is 18.3 Å². The van der Waals surface area contributed by atoms with Crippen LogP contribution < -0.4 is 10.4 Å². The maximum Gasteiger partial charge on any atom is 0.0341 e. The third-order valence-electron chi connectivity index (χ3n) is 1.63. The van der Waals surface area contributed by atoms with Crippen molar-refractivity contribution in [1.82, 2.24) is 0 Å². The summed E-state index contributed by atoms with van der Waals surface area (Å²) in [7, 11) is 0. The summed E-state index contributed by atoms with van der Waals surface area (Å²) < 4.78 is 0. The zero-order chi connectivity index (χ0) is 8.27. The minimum atomic E-state index is 0.998. The second-order valence-electron chi connectivity index (χ2n) is 2.46. The first-order chi connectivity index (χ1) is 5.25. The van der Waals surface area contributed by atoms with Crippen LogP contribution in [-0.2, 0) is 0 Å². The van der Waals surface area contributed by atoms with E-state index < -0.39 is 0 Å². The highest BCUT2D eigenvalue weighted by Crippen LogP contribution is 1.82. The standard InChI is InChI=1S/C10H11N/c1-8-5-4-6-9(2)10(8)7-11-3/h4-7H,1,3H2,2H3/b10-7+. The van der Waals surface area contributed by atoms with Gasteiger partial charge in [0, 0.05) is 11.4 Å². The molecule has 0 fully saturated rings. The third-order valence-corrected chi connectivity index (χ3v) is 1.63. The van der Waals surface area contributed by atoms with Gasteiger partial charge in [0.05, 0.1) is 0 Å². The number of rotatable bonds is 1. The summed E-state index contributed by atoms with van der Waals surface area (Å²) in [6.07, 6.45) is 1.73. The predicted octanol–water partition coefficient (Wildman–Crippen LogP) is 0.844. The average molecular weight is 145 g/mol. The Labute approximate surface area is 66.4 Å². The molecular formula is C10H11N. The Morgan fingerprint density at radius 1 is 1.45 bits per heavy atom. The lowest BCUT2D eigenvalue weighted by Crippen LogP contribution is -2.24. The highest BCUT2D eigenvalue weighted by Gasteiger charge is 1.85. The van der Waals surface area contributed by atoms with Crippen LogP contribution in [0.5, 0.6) is 0 Å². The van der Waals surface area contributed by atoms with Gasteiger partial charge in [-0.05, 0) is 24.4 Å². The normalized spacial score (nSPS) is 11.5. The van der Waals surface area contributed by atoms with Crippen molar-refractivity contribution >= 4 is 19.5 Å². The molecule has 1 aromatic rings. The second-order valence-corrected chi connectivity index (χ2v) is 2.46. The van der Waals surface area contributed by atoms with Crippen LogP contribution in [0.4, 0.5) is 0 Å². The van der Waals surface area contributed by atoms with Gasteiger partial charge in [-0.15, -0.1) is 0 Å². The Kier molecular flexibility index (Phi) is 2.21. The monoisotopic (exact) mass is 145 g/mol. The first kappa shape index (κ1) is 7.73. The fourth-order valence-electron chi connectivity index (χ4n) is 1.02. The molecule has 0 N–H and O–H groups in total. The summed E-state index contributed by atoms with van der Waals surface area (Å²) in [5.41, 5.74) is 1.19. The number of nitrogens with zero attached hydrogens (tertiary/aromatic N) is 1. The van der Waals surface area contributed by atoms with Crippen LogP contribution in [0.25, 0.3) is 12.8 Å². The Balaban J connectivity index is 3.57. The molecule has 1 aromatic carbocycles. The van der Waals surface area contributed by atoms with Gasteiger partial charge in [0.2, 0.25) is 0 Å². The van der Waals surface area contributed by atoms with Crippen molar-refractivity contribution in [3.63, 3.8) is 0 Å². The van der Waals surface area contributed by atoms with Crippen molar-refractivity contribution in [2.24, 2.45) is 4.99 Å². The summed E-state index contributed by atoms with van der Waals surface area (Å²) in [4.78, 5) is 3.71. The first-order valence-corrected chi connectivity index (χ1v) is 3.46. The zero-order valence-corrected chi connectivity index (χ0v) is 6.67. The van der Waals surface area contributed by atoms with Gasteiger partial charge in [0.15, 0.2) is 0 Å². The molecule has 0 aliphatic heterocycles. The summed E-state index contributed by atoms with van der Waals surface area (Å²) in [5, 5.41) is 2.07. The van der Waals surface area contributed by atoms with E-state index in [0.29, 0.717) is 0 Å². The summed E-state index contributed by atoms with van der Waals surface area (Å²) in [6.45, 7) is 9.32. The van der Waals surface area contributed by atoms with E-state index in [-0.39, 0.29) is 0 Å². The van der Waals surface area contributed by atoms with Gasteiger partial charge in [-0.2, -0.15) is 0 Å². The van der Waals surface area contributed by atoms with Crippen LogP contribution in [0.15, 0.2) is 23.2 Å². The molecule has 0 bridgehead atoms. The van der Waals surface area contributed by atoms with Crippen LogP contribution in [0.1, 0.15) is 5.56 Å². The maximum atomic E-state index is 3.88. The highest BCUT2D eigenvalue weighted by atomic mass is 14.6. The molecule has 0 saturated carbocycles. The van der Waals surface area contributed by atoms with Gasteiger partial charge in [0.25, 0.3) is 0 Å². The molecular weight excluding hydrogens is 134 g/mol. The minimum Gasteiger partial charge on any atom is -0.272 e. The first-order valence-electron chi connectivity index (χ1n) is 3.46. The van der Waals surface area contributed by atoms with Gasteiger partial charge in [-0.1, -0.05) is 24.8 Å². The second kappa shape index (κ2) is 3.15. The lowest BCUT2D eigenvalue weighted by atomic mass is 10.1. The maximum absolute atomic E-state index is 3.88. The number of benzene rings is 1. The molecule has 0 heterocycles. The quantitative estimate of drug-likeness (QED) is 0.519. The number of hydrogen-bond acceptors (Lipinski definition) is 1. The van der Waals surface area contributed by atoms with Crippen molar-refractivity contribution in [3.05, 3.63) is 34.2 Å². The Bertz CT molecular complexity index is 363.